The van der Waals surface area contributed by atoms with E-state index in [1.807, 2.05) is 0 Å². The van der Waals surface area contributed by atoms with Gasteiger partial charge < -0.3 is 14.7 Å². The van der Waals surface area contributed by atoms with E-state index in [9.17, 15) is 5.11 Å². The van der Waals surface area contributed by atoms with Crippen LogP contribution in [0.2, 0.25) is 0 Å². The van der Waals surface area contributed by atoms with Crippen molar-refractivity contribution in [2.75, 3.05) is 31.7 Å². The van der Waals surface area contributed by atoms with Crippen molar-refractivity contribution in [2.45, 2.75) is 32.8 Å². The summed E-state index contributed by atoms with van der Waals surface area (Å²) < 4.78 is 5.51. The molecule has 0 amide bonds. The highest BCUT2D eigenvalue weighted by atomic mass is 32.1. The Morgan fingerprint density at radius 3 is 2.94 bits per heavy atom. The maximum absolute atomic E-state index is 9.30. The Kier molecular flexibility index (Phi) is 4.97. The van der Waals surface area contributed by atoms with E-state index in [4.69, 9.17) is 4.74 Å². The Morgan fingerprint density at radius 1 is 1.56 bits per heavy atom. The Morgan fingerprint density at radius 2 is 2.39 bits per heavy atom. The van der Waals surface area contributed by atoms with Gasteiger partial charge in [-0.15, -0.1) is 0 Å². The van der Waals surface area contributed by atoms with Gasteiger partial charge in [0.1, 0.15) is 0 Å². The molecule has 5 heteroatoms. The number of hydrogen-bond acceptors (Lipinski definition) is 5. The molecule has 1 fully saturated rings. The SMILES string of the molecule is CCc1nc(N(C)CC2CCCOC2)sc1CO. The lowest BCUT2D eigenvalue weighted by Crippen LogP contribution is -2.30. The molecule has 0 aromatic carbocycles. The summed E-state index contributed by atoms with van der Waals surface area (Å²) in [5.74, 6) is 0.607. The van der Waals surface area contributed by atoms with Gasteiger partial charge in [-0.2, -0.15) is 0 Å². The summed E-state index contributed by atoms with van der Waals surface area (Å²) in [4.78, 5) is 7.80. The fraction of sp³-hybridized carbons (Fsp3) is 0.769. The predicted octanol–water partition coefficient (Wildman–Crippen LogP) is 2.06. The van der Waals surface area contributed by atoms with Crippen molar-refractivity contribution in [3.05, 3.63) is 10.6 Å². The molecule has 1 aromatic rings. The molecule has 0 spiro atoms. The van der Waals surface area contributed by atoms with Gasteiger partial charge in [-0.3, -0.25) is 0 Å². The minimum atomic E-state index is 0.0984. The first-order chi connectivity index (χ1) is 8.74. The van der Waals surface area contributed by atoms with Crippen LogP contribution in [0.15, 0.2) is 0 Å². The average Bonchev–Trinajstić information content (AvgIpc) is 2.83. The summed E-state index contributed by atoms with van der Waals surface area (Å²) in [7, 11) is 2.08. The lowest BCUT2D eigenvalue weighted by molar-refractivity contribution is 0.0576. The molecule has 1 aliphatic rings. The molecule has 1 saturated heterocycles. The molecular weight excluding hydrogens is 248 g/mol. The second-order valence-electron chi connectivity index (χ2n) is 4.84. The van der Waals surface area contributed by atoms with Crippen molar-refractivity contribution >= 4 is 16.5 Å². The third-order valence-corrected chi connectivity index (χ3v) is 4.56. The van der Waals surface area contributed by atoms with E-state index in [1.54, 1.807) is 11.3 Å². The number of anilines is 1. The third kappa shape index (κ3) is 3.22. The van der Waals surface area contributed by atoms with Crippen LogP contribution in [-0.2, 0) is 17.8 Å². The number of hydrogen-bond donors (Lipinski definition) is 1. The van der Waals surface area contributed by atoms with E-state index in [0.717, 1.165) is 41.9 Å². The van der Waals surface area contributed by atoms with Gasteiger partial charge in [0.2, 0.25) is 0 Å². The molecular formula is C13H22N2O2S. The van der Waals surface area contributed by atoms with Crippen LogP contribution in [0.25, 0.3) is 0 Å². The van der Waals surface area contributed by atoms with Gasteiger partial charge in [0.25, 0.3) is 0 Å². The summed E-state index contributed by atoms with van der Waals surface area (Å²) in [6, 6.07) is 0. The van der Waals surface area contributed by atoms with Gasteiger partial charge >= 0.3 is 0 Å². The molecule has 0 bridgehead atoms. The highest BCUT2D eigenvalue weighted by Gasteiger charge is 2.18. The summed E-state index contributed by atoms with van der Waals surface area (Å²) >= 11 is 1.60. The van der Waals surface area contributed by atoms with Gasteiger partial charge in [-0.05, 0) is 25.2 Å². The van der Waals surface area contributed by atoms with Crippen LogP contribution >= 0.6 is 11.3 Å². The van der Waals surface area contributed by atoms with Gasteiger partial charge in [0.15, 0.2) is 5.13 Å². The largest absolute Gasteiger partial charge is 0.391 e. The summed E-state index contributed by atoms with van der Waals surface area (Å²) in [6.07, 6.45) is 3.29. The number of ether oxygens (including phenoxy) is 1. The Balaban J connectivity index is 1.98. The maximum Gasteiger partial charge on any atom is 0.185 e. The fourth-order valence-corrected chi connectivity index (χ4v) is 3.33. The number of aliphatic hydroxyl groups excluding tert-OH is 1. The van der Waals surface area contributed by atoms with E-state index in [2.05, 4.69) is 23.9 Å². The van der Waals surface area contributed by atoms with E-state index < -0.39 is 0 Å². The zero-order valence-electron chi connectivity index (χ0n) is 11.2. The molecule has 1 unspecified atom stereocenters. The van der Waals surface area contributed by atoms with Crippen LogP contribution in [0, 0.1) is 5.92 Å². The minimum absolute atomic E-state index is 0.0984. The van der Waals surface area contributed by atoms with Crippen molar-refractivity contribution < 1.29 is 9.84 Å². The van der Waals surface area contributed by atoms with Crippen LogP contribution < -0.4 is 4.90 Å². The number of thiazole rings is 1. The summed E-state index contributed by atoms with van der Waals surface area (Å²) in [6.45, 7) is 4.94. The highest BCUT2D eigenvalue weighted by Crippen LogP contribution is 2.27. The molecule has 1 aromatic heterocycles. The second-order valence-corrected chi connectivity index (χ2v) is 5.90. The lowest BCUT2D eigenvalue weighted by atomic mass is 10.0. The van der Waals surface area contributed by atoms with Crippen LogP contribution in [0.3, 0.4) is 0 Å². The molecule has 1 atom stereocenters. The van der Waals surface area contributed by atoms with Crippen molar-refractivity contribution in [3.63, 3.8) is 0 Å². The first-order valence-electron chi connectivity index (χ1n) is 6.63. The van der Waals surface area contributed by atoms with Crippen molar-refractivity contribution in [1.82, 2.24) is 4.98 Å². The average molecular weight is 270 g/mol. The predicted molar refractivity (Wildman–Crippen MR) is 74.2 cm³/mol. The molecule has 4 nitrogen and oxygen atoms in total. The second kappa shape index (κ2) is 6.50. The zero-order chi connectivity index (χ0) is 13.0. The number of aromatic nitrogens is 1. The van der Waals surface area contributed by atoms with E-state index in [-0.39, 0.29) is 6.61 Å². The zero-order valence-corrected chi connectivity index (χ0v) is 12.0. The van der Waals surface area contributed by atoms with Gasteiger partial charge in [0.05, 0.1) is 23.8 Å². The van der Waals surface area contributed by atoms with E-state index in [0.29, 0.717) is 5.92 Å². The number of rotatable bonds is 5. The molecule has 102 valence electrons. The molecule has 0 radical (unpaired) electrons. The molecule has 1 N–H and O–H groups in total. The molecule has 18 heavy (non-hydrogen) atoms. The maximum atomic E-state index is 9.30. The van der Waals surface area contributed by atoms with Crippen molar-refractivity contribution in [1.29, 1.82) is 0 Å². The van der Waals surface area contributed by atoms with Crippen molar-refractivity contribution in [2.24, 2.45) is 5.92 Å². The highest BCUT2D eigenvalue weighted by molar-refractivity contribution is 7.15. The van der Waals surface area contributed by atoms with E-state index >= 15 is 0 Å². The van der Waals surface area contributed by atoms with Crippen LogP contribution in [0.1, 0.15) is 30.3 Å². The monoisotopic (exact) mass is 270 g/mol. The molecule has 2 rings (SSSR count). The van der Waals surface area contributed by atoms with Gasteiger partial charge in [-0.25, -0.2) is 4.98 Å². The number of nitrogens with zero attached hydrogens (tertiary/aromatic N) is 2. The Hall–Kier alpha value is -0.650. The summed E-state index contributed by atoms with van der Waals surface area (Å²) in [5, 5.41) is 10.3. The molecule has 1 aliphatic heterocycles. The normalized spacial score (nSPS) is 20.1. The van der Waals surface area contributed by atoms with Crippen LogP contribution in [-0.4, -0.2) is 36.9 Å². The topological polar surface area (TPSA) is 45.6 Å². The van der Waals surface area contributed by atoms with E-state index in [1.165, 1.54) is 12.8 Å². The number of aryl methyl sites for hydroxylation is 1. The smallest absolute Gasteiger partial charge is 0.185 e. The first kappa shape index (κ1) is 13.8. The van der Waals surface area contributed by atoms with Crippen molar-refractivity contribution in [3.8, 4) is 0 Å². The fourth-order valence-electron chi connectivity index (χ4n) is 2.35. The van der Waals surface area contributed by atoms with Gasteiger partial charge in [-0.1, -0.05) is 18.3 Å². The summed E-state index contributed by atoms with van der Waals surface area (Å²) in [5.41, 5.74) is 1.03. The minimum Gasteiger partial charge on any atom is -0.391 e. The quantitative estimate of drug-likeness (QED) is 0.889. The first-order valence-corrected chi connectivity index (χ1v) is 7.44. The standard InChI is InChI=1S/C13H22N2O2S/c1-3-11-12(8-16)18-13(14-11)15(2)7-10-5-4-6-17-9-10/h10,16H,3-9H2,1-2H3. The number of aliphatic hydroxyl groups is 1. The Labute approximate surface area is 113 Å². The van der Waals surface area contributed by atoms with Gasteiger partial charge in [0, 0.05) is 20.2 Å². The molecule has 2 heterocycles. The molecule has 0 saturated carbocycles. The Bertz CT molecular complexity index is 354. The lowest BCUT2D eigenvalue weighted by Gasteiger charge is -2.26. The van der Waals surface area contributed by atoms with Crippen LogP contribution in [0.5, 0.6) is 0 Å². The van der Waals surface area contributed by atoms with Crippen LogP contribution in [0.4, 0.5) is 5.13 Å². The third-order valence-electron chi connectivity index (χ3n) is 3.36. The molecule has 0 aliphatic carbocycles.